The molecule has 2 unspecified atom stereocenters. The normalized spacial score (nSPS) is 18.9. The predicted molar refractivity (Wildman–Crippen MR) is 92.8 cm³/mol. The largest absolute Gasteiger partial charge is 0.285 e. The van der Waals surface area contributed by atoms with E-state index < -0.39 is 11.7 Å². The van der Waals surface area contributed by atoms with Crippen LogP contribution in [0.2, 0.25) is 0 Å². The quantitative estimate of drug-likeness (QED) is 0.684. The predicted octanol–water partition coefficient (Wildman–Crippen LogP) is 6.08. The molecule has 3 rings (SSSR count). The minimum absolute atomic E-state index is 0.0100. The van der Waals surface area contributed by atoms with E-state index in [2.05, 4.69) is 41.4 Å². The Hall–Kier alpha value is -2.23. The Morgan fingerprint density at radius 1 is 1.21 bits per heavy atom. The van der Waals surface area contributed by atoms with Gasteiger partial charge in [0.15, 0.2) is 5.83 Å². The lowest BCUT2D eigenvalue weighted by Crippen LogP contribution is -2.14. The maximum atomic E-state index is 13.7. The van der Waals surface area contributed by atoms with Crippen LogP contribution in [0.4, 0.5) is 8.78 Å². The molecule has 0 radical (unpaired) electrons. The third-order valence-corrected chi connectivity index (χ3v) is 4.72. The molecule has 2 atom stereocenters. The average Bonchev–Trinajstić information content (AvgIpc) is 3.13. The van der Waals surface area contributed by atoms with Crippen LogP contribution in [0.15, 0.2) is 60.5 Å². The molecule has 126 valence electrons. The molecule has 1 aromatic carbocycles. The summed E-state index contributed by atoms with van der Waals surface area (Å²) >= 11 is 0. The van der Waals surface area contributed by atoms with Crippen LogP contribution in [0.5, 0.6) is 0 Å². The number of aromatic nitrogens is 2. The summed E-state index contributed by atoms with van der Waals surface area (Å²) in [5, 5.41) is 6.78. The number of benzene rings is 1. The van der Waals surface area contributed by atoms with Gasteiger partial charge in [-0.15, -0.1) is 0 Å². The molecule has 2 nitrogen and oxygen atoms in total. The van der Waals surface area contributed by atoms with Gasteiger partial charge >= 0.3 is 0 Å². The Morgan fingerprint density at radius 3 is 2.62 bits per heavy atom. The molecule has 0 amide bonds. The fraction of sp³-hybridized carbons (Fsp3) is 0.350. The first kappa shape index (κ1) is 16.6. The van der Waals surface area contributed by atoms with Crippen LogP contribution in [-0.4, -0.2) is 10.2 Å². The van der Waals surface area contributed by atoms with Gasteiger partial charge in [-0.2, -0.15) is 5.10 Å². The molecule has 0 spiro atoms. The summed E-state index contributed by atoms with van der Waals surface area (Å²) in [5.74, 6) is -1.14. The number of unbranched alkanes of at least 4 members (excludes halogenated alkanes) is 1. The van der Waals surface area contributed by atoms with E-state index in [0.717, 1.165) is 30.4 Å². The van der Waals surface area contributed by atoms with E-state index in [1.54, 1.807) is 6.20 Å². The van der Waals surface area contributed by atoms with Crippen LogP contribution in [0.25, 0.3) is 11.1 Å². The SMILES string of the molecule is CCCCC(c1ccc(-c2cn[nH]c2)cc1)C1C=CC(F)=C(F)C1. The molecule has 4 heteroatoms. The Bertz CT molecular complexity index is 715. The lowest BCUT2D eigenvalue weighted by atomic mass is 9.78. The van der Waals surface area contributed by atoms with Crippen molar-refractivity contribution in [1.29, 1.82) is 0 Å². The van der Waals surface area contributed by atoms with Crippen LogP contribution < -0.4 is 0 Å². The molecule has 1 aromatic heterocycles. The number of nitrogens with one attached hydrogen (secondary N) is 1. The standard InChI is InChI=1S/C20H22F2N2/c1-2-3-4-18(16-9-10-19(21)20(22)11-16)15-7-5-14(6-8-15)17-12-23-24-13-17/h5-10,12-13,16,18H,2-4,11H2,1H3,(H,23,24). The lowest BCUT2D eigenvalue weighted by molar-refractivity contribution is 0.400. The van der Waals surface area contributed by atoms with Crippen molar-refractivity contribution < 1.29 is 8.78 Å². The van der Waals surface area contributed by atoms with E-state index in [4.69, 9.17) is 0 Å². The van der Waals surface area contributed by atoms with Gasteiger partial charge in [-0.3, -0.25) is 5.10 Å². The van der Waals surface area contributed by atoms with Gasteiger partial charge in [-0.1, -0.05) is 50.1 Å². The third kappa shape index (κ3) is 3.64. The van der Waals surface area contributed by atoms with Gasteiger partial charge < -0.3 is 0 Å². The number of hydrogen-bond donors (Lipinski definition) is 1. The second-order valence-electron chi connectivity index (χ2n) is 6.34. The summed E-state index contributed by atoms with van der Waals surface area (Å²) in [5.41, 5.74) is 3.32. The van der Waals surface area contributed by atoms with Crippen LogP contribution in [-0.2, 0) is 0 Å². The van der Waals surface area contributed by atoms with Gasteiger partial charge in [-0.25, -0.2) is 8.78 Å². The average molecular weight is 328 g/mol. The zero-order chi connectivity index (χ0) is 16.9. The van der Waals surface area contributed by atoms with Crippen molar-refractivity contribution in [3.05, 3.63) is 66.0 Å². The highest BCUT2D eigenvalue weighted by molar-refractivity contribution is 5.61. The van der Waals surface area contributed by atoms with Gasteiger partial charge in [0.2, 0.25) is 0 Å². The monoisotopic (exact) mass is 328 g/mol. The highest BCUT2D eigenvalue weighted by atomic mass is 19.2. The number of nitrogens with zero attached hydrogens (tertiary/aromatic N) is 1. The molecule has 0 fully saturated rings. The maximum Gasteiger partial charge on any atom is 0.154 e. The molecule has 2 aromatic rings. The summed E-state index contributed by atoms with van der Waals surface area (Å²) in [6.45, 7) is 2.15. The first-order valence-corrected chi connectivity index (χ1v) is 8.50. The van der Waals surface area contributed by atoms with E-state index >= 15 is 0 Å². The van der Waals surface area contributed by atoms with Crippen LogP contribution in [0, 0.1) is 5.92 Å². The molecular weight excluding hydrogens is 306 g/mol. The van der Waals surface area contributed by atoms with Gasteiger partial charge in [0.05, 0.1) is 6.20 Å². The summed E-state index contributed by atoms with van der Waals surface area (Å²) in [4.78, 5) is 0. The van der Waals surface area contributed by atoms with Crippen molar-refractivity contribution in [3.8, 4) is 11.1 Å². The minimum atomic E-state index is -0.726. The molecule has 0 saturated heterocycles. The molecule has 0 bridgehead atoms. The van der Waals surface area contributed by atoms with Crippen molar-refractivity contribution >= 4 is 0 Å². The summed E-state index contributed by atoms with van der Waals surface area (Å²) in [7, 11) is 0. The van der Waals surface area contributed by atoms with Crippen LogP contribution in [0.1, 0.15) is 44.1 Å². The van der Waals surface area contributed by atoms with Gasteiger partial charge in [0.1, 0.15) is 5.83 Å². The summed E-state index contributed by atoms with van der Waals surface area (Å²) < 4.78 is 27.0. The molecule has 1 heterocycles. The van der Waals surface area contributed by atoms with Crippen molar-refractivity contribution in [1.82, 2.24) is 10.2 Å². The Kier molecular flexibility index (Phi) is 5.24. The summed E-state index contributed by atoms with van der Waals surface area (Å²) in [6, 6.07) is 8.34. The fourth-order valence-electron chi connectivity index (χ4n) is 3.33. The van der Waals surface area contributed by atoms with Crippen LogP contribution in [0.3, 0.4) is 0 Å². The first-order chi connectivity index (χ1) is 11.7. The van der Waals surface area contributed by atoms with E-state index in [1.807, 2.05) is 12.3 Å². The van der Waals surface area contributed by atoms with E-state index in [1.165, 1.54) is 11.6 Å². The van der Waals surface area contributed by atoms with E-state index in [0.29, 0.717) is 0 Å². The van der Waals surface area contributed by atoms with E-state index in [-0.39, 0.29) is 18.3 Å². The number of hydrogen-bond acceptors (Lipinski definition) is 1. The third-order valence-electron chi connectivity index (χ3n) is 4.72. The Morgan fingerprint density at radius 2 is 2.00 bits per heavy atom. The van der Waals surface area contributed by atoms with Crippen molar-refractivity contribution in [2.75, 3.05) is 0 Å². The first-order valence-electron chi connectivity index (χ1n) is 8.50. The topological polar surface area (TPSA) is 28.7 Å². The molecule has 1 N–H and O–H groups in total. The molecular formula is C20H22F2N2. The van der Waals surface area contributed by atoms with Crippen molar-refractivity contribution in [2.24, 2.45) is 5.92 Å². The van der Waals surface area contributed by atoms with Gasteiger partial charge in [-0.05, 0) is 35.5 Å². The maximum absolute atomic E-state index is 13.7. The zero-order valence-electron chi connectivity index (χ0n) is 13.8. The van der Waals surface area contributed by atoms with Gasteiger partial charge in [0.25, 0.3) is 0 Å². The molecule has 24 heavy (non-hydrogen) atoms. The highest BCUT2D eigenvalue weighted by Crippen LogP contribution is 2.39. The number of rotatable bonds is 6. The van der Waals surface area contributed by atoms with Gasteiger partial charge in [0, 0.05) is 18.2 Å². The second-order valence-corrected chi connectivity index (χ2v) is 6.34. The summed E-state index contributed by atoms with van der Waals surface area (Å²) in [6.07, 6.45) is 10.0. The Labute approximate surface area is 141 Å². The molecule has 0 aliphatic heterocycles. The fourth-order valence-corrected chi connectivity index (χ4v) is 3.33. The Balaban J connectivity index is 1.82. The number of allylic oxidation sites excluding steroid dienone is 4. The number of halogens is 2. The smallest absolute Gasteiger partial charge is 0.154 e. The van der Waals surface area contributed by atoms with Crippen molar-refractivity contribution in [2.45, 2.75) is 38.5 Å². The van der Waals surface area contributed by atoms with Crippen molar-refractivity contribution in [3.63, 3.8) is 0 Å². The highest BCUT2D eigenvalue weighted by Gasteiger charge is 2.25. The molecule has 1 aliphatic rings. The number of aromatic amines is 1. The number of H-pyrrole nitrogens is 1. The minimum Gasteiger partial charge on any atom is -0.285 e. The second kappa shape index (κ2) is 7.56. The van der Waals surface area contributed by atoms with E-state index in [9.17, 15) is 8.78 Å². The lowest BCUT2D eigenvalue weighted by Gasteiger charge is -2.27. The molecule has 1 aliphatic carbocycles. The zero-order valence-corrected chi connectivity index (χ0v) is 13.8. The molecule has 0 saturated carbocycles. The van der Waals surface area contributed by atoms with Crippen LogP contribution >= 0.6 is 0 Å².